The van der Waals surface area contributed by atoms with Crippen molar-refractivity contribution in [2.24, 2.45) is 0 Å². The Morgan fingerprint density at radius 3 is 2.70 bits per heavy atom. The van der Waals surface area contributed by atoms with Crippen LogP contribution in [0.4, 0.5) is 4.39 Å². The number of ether oxygens (including phenoxy) is 1. The molecule has 2 unspecified atom stereocenters. The Morgan fingerprint density at radius 2 is 2.10 bits per heavy atom. The fourth-order valence-corrected chi connectivity index (χ4v) is 2.13. The van der Waals surface area contributed by atoms with Crippen LogP contribution in [0.25, 0.3) is 0 Å². The van der Waals surface area contributed by atoms with Crippen molar-refractivity contribution in [1.82, 2.24) is 5.32 Å². The summed E-state index contributed by atoms with van der Waals surface area (Å²) in [6, 6.07) is 2.19. The second-order valence-electron chi connectivity index (χ2n) is 4.89. The van der Waals surface area contributed by atoms with Gasteiger partial charge in [-0.2, -0.15) is 0 Å². The van der Waals surface area contributed by atoms with Gasteiger partial charge in [-0.1, -0.05) is 6.07 Å². The van der Waals surface area contributed by atoms with E-state index in [-0.39, 0.29) is 6.61 Å². The largest absolute Gasteiger partial charge is 0.492 e. The third-order valence-electron chi connectivity index (χ3n) is 3.49. The van der Waals surface area contributed by atoms with Crippen molar-refractivity contribution in [3.63, 3.8) is 0 Å². The van der Waals surface area contributed by atoms with Gasteiger partial charge < -0.3 is 15.2 Å². The Bertz CT molecular complexity index is 558. The van der Waals surface area contributed by atoms with Gasteiger partial charge in [-0.3, -0.25) is 4.79 Å². The lowest BCUT2D eigenvalue weighted by Gasteiger charge is -2.14. The van der Waals surface area contributed by atoms with Crippen LogP contribution in [-0.2, 0) is 9.59 Å². The summed E-state index contributed by atoms with van der Waals surface area (Å²) in [5, 5.41) is 10.9. The molecular formula is C14H16FNO4. The van der Waals surface area contributed by atoms with E-state index in [9.17, 15) is 14.0 Å². The number of benzene rings is 1. The molecule has 1 amide bonds. The minimum absolute atomic E-state index is 0.142. The van der Waals surface area contributed by atoms with Gasteiger partial charge in [0.2, 0.25) is 5.91 Å². The number of carbonyl (C=O) groups excluding carboxylic acids is 1. The van der Waals surface area contributed by atoms with Crippen LogP contribution in [0, 0.1) is 13.8 Å². The second-order valence-corrected chi connectivity index (χ2v) is 4.89. The van der Waals surface area contributed by atoms with Crippen molar-refractivity contribution >= 4 is 11.9 Å². The highest BCUT2D eigenvalue weighted by atomic mass is 19.1. The molecule has 0 saturated heterocycles. The molecule has 1 aliphatic rings. The van der Waals surface area contributed by atoms with Crippen molar-refractivity contribution in [2.45, 2.75) is 25.8 Å². The summed E-state index contributed by atoms with van der Waals surface area (Å²) >= 11 is 0. The zero-order valence-electron chi connectivity index (χ0n) is 11.3. The van der Waals surface area contributed by atoms with Gasteiger partial charge in [0.05, 0.1) is 0 Å². The number of carboxylic acids is 1. The van der Waals surface area contributed by atoms with E-state index in [0.29, 0.717) is 11.3 Å². The van der Waals surface area contributed by atoms with E-state index in [1.165, 1.54) is 0 Å². The first-order valence-corrected chi connectivity index (χ1v) is 6.27. The van der Waals surface area contributed by atoms with E-state index < -0.39 is 30.5 Å². The van der Waals surface area contributed by atoms with Crippen molar-refractivity contribution in [2.75, 3.05) is 13.3 Å². The molecule has 0 saturated carbocycles. The number of aryl methyl sites for hydroxylation is 2. The van der Waals surface area contributed by atoms with Gasteiger partial charge in [0, 0.05) is 5.56 Å². The first kappa shape index (κ1) is 14.3. The molecule has 1 aromatic carbocycles. The van der Waals surface area contributed by atoms with Crippen LogP contribution in [0.3, 0.4) is 0 Å². The van der Waals surface area contributed by atoms with Crippen LogP contribution in [0.2, 0.25) is 0 Å². The lowest BCUT2D eigenvalue weighted by atomic mass is 9.96. The average Bonchev–Trinajstić information content (AvgIpc) is 2.78. The SMILES string of the molecule is Cc1cc2c(cc1C)C(C(=O)NC(CF)C(=O)O)CO2. The van der Waals surface area contributed by atoms with Gasteiger partial charge in [0.1, 0.15) is 24.9 Å². The predicted molar refractivity (Wildman–Crippen MR) is 69.7 cm³/mol. The number of hydrogen-bond acceptors (Lipinski definition) is 3. The number of nitrogens with one attached hydrogen (secondary N) is 1. The Hall–Kier alpha value is -2.11. The monoisotopic (exact) mass is 281 g/mol. The number of amides is 1. The van der Waals surface area contributed by atoms with E-state index >= 15 is 0 Å². The standard InChI is InChI=1S/C14H16FNO4/c1-7-3-9-10(6-20-12(9)4-8(7)2)13(17)16-11(5-15)14(18)19/h3-4,10-11H,5-6H2,1-2H3,(H,16,17)(H,18,19). The molecule has 108 valence electrons. The Morgan fingerprint density at radius 1 is 1.45 bits per heavy atom. The molecule has 0 spiro atoms. The maximum atomic E-state index is 12.5. The summed E-state index contributed by atoms with van der Waals surface area (Å²) in [5.74, 6) is -1.89. The van der Waals surface area contributed by atoms with Crippen LogP contribution < -0.4 is 10.1 Å². The van der Waals surface area contributed by atoms with Crippen LogP contribution in [-0.4, -0.2) is 36.3 Å². The molecule has 0 aliphatic carbocycles. The summed E-state index contributed by atoms with van der Waals surface area (Å²) < 4.78 is 18.0. The van der Waals surface area contributed by atoms with Crippen molar-refractivity contribution in [3.8, 4) is 5.75 Å². The number of carbonyl (C=O) groups is 2. The number of aliphatic carboxylic acids is 1. The van der Waals surface area contributed by atoms with Gasteiger partial charge in [-0.15, -0.1) is 0 Å². The third-order valence-corrected chi connectivity index (χ3v) is 3.49. The van der Waals surface area contributed by atoms with Gasteiger partial charge in [0.15, 0.2) is 6.04 Å². The number of fused-ring (bicyclic) bond motifs is 1. The maximum absolute atomic E-state index is 12.5. The van der Waals surface area contributed by atoms with E-state index in [0.717, 1.165) is 11.1 Å². The molecule has 1 heterocycles. The van der Waals surface area contributed by atoms with E-state index in [1.807, 2.05) is 26.0 Å². The molecule has 0 bridgehead atoms. The number of rotatable bonds is 4. The smallest absolute Gasteiger partial charge is 0.328 e. The highest BCUT2D eigenvalue weighted by Crippen LogP contribution is 2.36. The van der Waals surface area contributed by atoms with E-state index in [1.54, 1.807) is 0 Å². The average molecular weight is 281 g/mol. The zero-order chi connectivity index (χ0) is 14.9. The summed E-state index contributed by atoms with van der Waals surface area (Å²) in [7, 11) is 0. The fraction of sp³-hybridized carbons (Fsp3) is 0.429. The fourth-order valence-electron chi connectivity index (χ4n) is 2.13. The van der Waals surface area contributed by atoms with E-state index in [4.69, 9.17) is 9.84 Å². The van der Waals surface area contributed by atoms with Gasteiger partial charge in [-0.25, -0.2) is 9.18 Å². The molecule has 5 nitrogen and oxygen atoms in total. The number of alkyl halides is 1. The number of halogens is 1. The normalized spacial score (nSPS) is 18.1. The molecular weight excluding hydrogens is 265 g/mol. The van der Waals surface area contributed by atoms with Crippen LogP contribution in [0.15, 0.2) is 12.1 Å². The van der Waals surface area contributed by atoms with Crippen LogP contribution in [0.1, 0.15) is 22.6 Å². The second kappa shape index (κ2) is 5.48. The first-order valence-electron chi connectivity index (χ1n) is 6.27. The molecule has 0 fully saturated rings. The molecule has 20 heavy (non-hydrogen) atoms. The summed E-state index contributed by atoms with van der Waals surface area (Å²) in [5.41, 5.74) is 2.79. The summed E-state index contributed by atoms with van der Waals surface area (Å²) in [4.78, 5) is 22.8. The van der Waals surface area contributed by atoms with Gasteiger partial charge >= 0.3 is 5.97 Å². The maximum Gasteiger partial charge on any atom is 0.328 e. The van der Waals surface area contributed by atoms with Crippen molar-refractivity contribution in [3.05, 3.63) is 28.8 Å². The molecule has 0 aromatic heterocycles. The molecule has 2 rings (SSSR count). The van der Waals surface area contributed by atoms with Crippen molar-refractivity contribution < 1.29 is 23.8 Å². The third kappa shape index (κ3) is 2.59. The number of carboxylic acid groups (broad SMARTS) is 1. The molecule has 2 atom stereocenters. The van der Waals surface area contributed by atoms with Gasteiger partial charge in [0.25, 0.3) is 0 Å². The predicted octanol–water partition coefficient (Wildman–Crippen LogP) is 1.32. The minimum Gasteiger partial charge on any atom is -0.492 e. The highest BCUT2D eigenvalue weighted by molar-refractivity contribution is 5.89. The molecule has 1 aromatic rings. The Balaban J connectivity index is 2.19. The summed E-state index contributed by atoms with van der Waals surface area (Å²) in [6.07, 6.45) is 0. The quantitative estimate of drug-likeness (QED) is 0.872. The van der Waals surface area contributed by atoms with Gasteiger partial charge in [-0.05, 0) is 31.0 Å². The zero-order valence-corrected chi connectivity index (χ0v) is 11.3. The minimum atomic E-state index is -1.52. The lowest BCUT2D eigenvalue weighted by molar-refractivity contribution is -0.142. The van der Waals surface area contributed by atoms with E-state index in [2.05, 4.69) is 5.32 Å². The van der Waals surface area contributed by atoms with Crippen LogP contribution >= 0.6 is 0 Å². The molecule has 2 N–H and O–H groups in total. The lowest BCUT2D eigenvalue weighted by Crippen LogP contribution is -2.44. The van der Waals surface area contributed by atoms with Crippen LogP contribution in [0.5, 0.6) is 5.75 Å². The molecule has 6 heteroatoms. The first-order chi connectivity index (χ1) is 9.43. The Kier molecular flexibility index (Phi) is 3.92. The Labute approximate surface area is 115 Å². The highest BCUT2D eigenvalue weighted by Gasteiger charge is 2.33. The molecule has 1 aliphatic heterocycles. The number of hydrogen-bond donors (Lipinski definition) is 2. The van der Waals surface area contributed by atoms with Crippen molar-refractivity contribution in [1.29, 1.82) is 0 Å². The molecule has 0 radical (unpaired) electrons. The summed E-state index contributed by atoms with van der Waals surface area (Å²) in [6.45, 7) is 2.86. The topological polar surface area (TPSA) is 75.6 Å².